The molecule has 1 aliphatic rings. The predicted molar refractivity (Wildman–Crippen MR) is 109 cm³/mol. The fourth-order valence-corrected chi connectivity index (χ4v) is 3.56. The zero-order valence-corrected chi connectivity index (χ0v) is 16.1. The molecule has 1 N–H and O–H groups in total. The predicted octanol–water partition coefficient (Wildman–Crippen LogP) is 1.78. The molecule has 8 heteroatoms. The van der Waals surface area contributed by atoms with Gasteiger partial charge in [-0.25, -0.2) is 0 Å². The summed E-state index contributed by atoms with van der Waals surface area (Å²) in [5.74, 6) is 0.0786. The van der Waals surface area contributed by atoms with Crippen molar-refractivity contribution in [3.63, 3.8) is 0 Å². The third-order valence-corrected chi connectivity index (χ3v) is 4.93. The minimum Gasteiger partial charge on any atom is -0.333 e. The molecule has 0 spiro atoms. The van der Waals surface area contributed by atoms with E-state index in [1.165, 1.54) is 6.20 Å². The second-order valence-corrected chi connectivity index (χ2v) is 6.59. The number of aryl methyl sites for hydroxylation is 1. The summed E-state index contributed by atoms with van der Waals surface area (Å²) < 4.78 is 1.73. The maximum absolute atomic E-state index is 12.9. The maximum Gasteiger partial charge on any atom is 0.225 e. The molecular formula is C20H22ClN5O2. The smallest absolute Gasteiger partial charge is 0.225 e. The number of rotatable bonds is 4. The first-order valence-corrected chi connectivity index (χ1v) is 9.09. The van der Waals surface area contributed by atoms with Crippen LogP contribution in [0.5, 0.6) is 0 Å². The summed E-state index contributed by atoms with van der Waals surface area (Å²) in [5, 5.41) is 8.18. The zero-order valence-electron chi connectivity index (χ0n) is 15.3. The monoisotopic (exact) mass is 399 g/mol. The van der Waals surface area contributed by atoms with Crippen LogP contribution in [0.2, 0.25) is 0 Å². The standard InChI is InChI=1S/C20H21N5O2.ClH/c26-19-14-23-25(17-6-2-1-5-16(17)19)10-7-20(27)24-11-9-22-13-18(24)15-4-3-8-21-12-15;/h1-6,8,12,14,18,22H,7,9-11,13H2;1H. The van der Waals surface area contributed by atoms with E-state index >= 15 is 0 Å². The normalized spacial score (nSPS) is 16.6. The van der Waals surface area contributed by atoms with Gasteiger partial charge in [-0.2, -0.15) is 5.10 Å². The number of hydrogen-bond donors (Lipinski definition) is 1. The van der Waals surface area contributed by atoms with Gasteiger partial charge in [-0.3, -0.25) is 19.3 Å². The van der Waals surface area contributed by atoms with Crippen molar-refractivity contribution >= 4 is 29.2 Å². The Balaban J connectivity index is 0.00000225. The van der Waals surface area contributed by atoms with Crippen molar-refractivity contribution in [1.29, 1.82) is 0 Å². The van der Waals surface area contributed by atoms with Crippen molar-refractivity contribution in [2.75, 3.05) is 19.6 Å². The van der Waals surface area contributed by atoms with Gasteiger partial charge < -0.3 is 10.2 Å². The first-order chi connectivity index (χ1) is 13.2. The van der Waals surface area contributed by atoms with Crippen molar-refractivity contribution in [2.45, 2.75) is 19.0 Å². The molecular weight excluding hydrogens is 378 g/mol. The average molecular weight is 400 g/mol. The number of para-hydroxylation sites is 1. The van der Waals surface area contributed by atoms with Gasteiger partial charge in [0, 0.05) is 43.8 Å². The largest absolute Gasteiger partial charge is 0.333 e. The van der Waals surface area contributed by atoms with Crippen LogP contribution in [0.15, 0.2) is 59.8 Å². The van der Waals surface area contributed by atoms with E-state index in [9.17, 15) is 9.59 Å². The molecule has 4 rings (SSSR count). The van der Waals surface area contributed by atoms with Gasteiger partial charge in [0.05, 0.1) is 24.3 Å². The van der Waals surface area contributed by atoms with Crippen molar-refractivity contribution in [1.82, 2.24) is 25.0 Å². The average Bonchev–Trinajstić information content (AvgIpc) is 2.74. The molecule has 1 aliphatic heterocycles. The Morgan fingerprint density at radius 1 is 1.18 bits per heavy atom. The summed E-state index contributed by atoms with van der Waals surface area (Å²) in [6, 6.07) is 11.2. The number of amides is 1. The highest BCUT2D eigenvalue weighted by Gasteiger charge is 2.27. The Morgan fingerprint density at radius 3 is 2.86 bits per heavy atom. The van der Waals surface area contributed by atoms with Crippen LogP contribution < -0.4 is 10.7 Å². The lowest BCUT2D eigenvalue weighted by Crippen LogP contribution is -2.48. The Morgan fingerprint density at radius 2 is 2.04 bits per heavy atom. The van der Waals surface area contributed by atoms with E-state index in [2.05, 4.69) is 15.4 Å². The van der Waals surface area contributed by atoms with Crippen LogP contribution in [0.3, 0.4) is 0 Å². The molecule has 0 bridgehead atoms. The Hall–Kier alpha value is -2.77. The Labute approximate surface area is 168 Å². The molecule has 0 aliphatic carbocycles. The second-order valence-electron chi connectivity index (χ2n) is 6.59. The molecule has 0 saturated carbocycles. The molecule has 0 radical (unpaired) electrons. The molecule has 2 aromatic heterocycles. The Bertz CT molecular complexity index is 1010. The number of nitrogens with one attached hydrogen (secondary N) is 1. The number of piperazine rings is 1. The number of carbonyl (C=O) groups excluding carboxylic acids is 1. The highest BCUT2D eigenvalue weighted by atomic mass is 35.5. The lowest BCUT2D eigenvalue weighted by atomic mass is 10.0. The van der Waals surface area contributed by atoms with Crippen LogP contribution in [-0.2, 0) is 11.3 Å². The van der Waals surface area contributed by atoms with Gasteiger partial charge in [-0.1, -0.05) is 18.2 Å². The van der Waals surface area contributed by atoms with Gasteiger partial charge in [0.25, 0.3) is 0 Å². The summed E-state index contributed by atoms with van der Waals surface area (Å²) >= 11 is 0. The number of aromatic nitrogens is 3. The number of carbonyl (C=O) groups is 1. The summed E-state index contributed by atoms with van der Waals surface area (Å²) in [5.41, 5.74) is 1.68. The summed E-state index contributed by atoms with van der Waals surface area (Å²) in [6.07, 6.45) is 5.19. The van der Waals surface area contributed by atoms with Gasteiger partial charge in [0.15, 0.2) is 0 Å². The number of halogens is 1. The van der Waals surface area contributed by atoms with Gasteiger partial charge in [0.1, 0.15) is 0 Å². The summed E-state index contributed by atoms with van der Waals surface area (Å²) in [4.78, 5) is 31.0. The molecule has 1 amide bonds. The highest BCUT2D eigenvalue weighted by Crippen LogP contribution is 2.22. The maximum atomic E-state index is 12.9. The fraction of sp³-hybridized carbons (Fsp3) is 0.300. The lowest BCUT2D eigenvalue weighted by molar-refractivity contribution is -0.134. The van der Waals surface area contributed by atoms with E-state index in [-0.39, 0.29) is 29.8 Å². The van der Waals surface area contributed by atoms with E-state index < -0.39 is 0 Å². The molecule has 1 unspecified atom stereocenters. The molecule has 146 valence electrons. The van der Waals surface area contributed by atoms with Crippen LogP contribution in [0.25, 0.3) is 10.9 Å². The number of hydrogen-bond acceptors (Lipinski definition) is 5. The number of benzene rings is 1. The van der Waals surface area contributed by atoms with Gasteiger partial charge in [-0.15, -0.1) is 12.4 Å². The van der Waals surface area contributed by atoms with E-state index in [0.29, 0.717) is 24.9 Å². The second kappa shape index (κ2) is 8.95. The zero-order chi connectivity index (χ0) is 18.6. The van der Waals surface area contributed by atoms with E-state index in [0.717, 1.165) is 24.2 Å². The number of nitrogens with zero attached hydrogens (tertiary/aromatic N) is 4. The van der Waals surface area contributed by atoms with Gasteiger partial charge in [0.2, 0.25) is 11.3 Å². The molecule has 1 atom stereocenters. The highest BCUT2D eigenvalue weighted by molar-refractivity contribution is 5.85. The molecule has 3 aromatic rings. The minimum absolute atomic E-state index is 0. The van der Waals surface area contributed by atoms with Gasteiger partial charge in [-0.05, 0) is 23.8 Å². The minimum atomic E-state index is -0.105. The van der Waals surface area contributed by atoms with Crippen LogP contribution in [-0.4, -0.2) is 45.2 Å². The van der Waals surface area contributed by atoms with Crippen LogP contribution >= 0.6 is 12.4 Å². The van der Waals surface area contributed by atoms with Gasteiger partial charge >= 0.3 is 0 Å². The molecule has 1 aromatic carbocycles. The van der Waals surface area contributed by atoms with Crippen molar-refractivity contribution < 1.29 is 4.79 Å². The number of pyridine rings is 1. The lowest BCUT2D eigenvalue weighted by Gasteiger charge is -2.36. The third-order valence-electron chi connectivity index (χ3n) is 4.93. The molecule has 1 saturated heterocycles. The number of fused-ring (bicyclic) bond motifs is 1. The molecule has 28 heavy (non-hydrogen) atoms. The van der Waals surface area contributed by atoms with Crippen LogP contribution in [0.4, 0.5) is 0 Å². The molecule has 1 fully saturated rings. The first-order valence-electron chi connectivity index (χ1n) is 9.09. The quantitative estimate of drug-likeness (QED) is 0.723. The van der Waals surface area contributed by atoms with Crippen molar-refractivity contribution in [3.05, 3.63) is 70.8 Å². The van der Waals surface area contributed by atoms with Crippen LogP contribution in [0, 0.1) is 0 Å². The first kappa shape index (κ1) is 20.0. The fourth-order valence-electron chi connectivity index (χ4n) is 3.56. The van der Waals surface area contributed by atoms with Crippen molar-refractivity contribution in [3.8, 4) is 0 Å². The van der Waals surface area contributed by atoms with E-state index in [4.69, 9.17) is 0 Å². The summed E-state index contributed by atoms with van der Waals surface area (Å²) in [7, 11) is 0. The Kier molecular flexibility index (Phi) is 6.38. The van der Waals surface area contributed by atoms with Crippen molar-refractivity contribution in [2.24, 2.45) is 0 Å². The molecule has 3 heterocycles. The SMILES string of the molecule is Cl.O=C(CCn1ncc(=O)c2ccccc21)N1CCNCC1c1cccnc1. The van der Waals surface area contributed by atoms with E-state index in [1.54, 1.807) is 16.9 Å². The third kappa shape index (κ3) is 4.05. The molecule has 7 nitrogen and oxygen atoms in total. The topological polar surface area (TPSA) is 80.1 Å². The van der Waals surface area contributed by atoms with Crippen LogP contribution in [0.1, 0.15) is 18.0 Å². The summed E-state index contributed by atoms with van der Waals surface area (Å²) in [6.45, 7) is 2.60. The van der Waals surface area contributed by atoms with E-state index in [1.807, 2.05) is 41.4 Å².